The Balaban J connectivity index is 1.69. The van der Waals surface area contributed by atoms with Gasteiger partial charge >= 0.3 is 0 Å². The van der Waals surface area contributed by atoms with Crippen LogP contribution in [0.25, 0.3) is 0 Å². The van der Waals surface area contributed by atoms with E-state index in [1.54, 1.807) is 12.7 Å². The molecule has 1 nitrogen and oxygen atoms in total. The van der Waals surface area contributed by atoms with E-state index < -0.39 is 0 Å². The molecule has 3 aliphatic rings. The number of hydrogen-bond acceptors (Lipinski definition) is 1. The molecule has 4 rings (SSSR count). The van der Waals surface area contributed by atoms with E-state index in [0.29, 0.717) is 0 Å². The first-order chi connectivity index (χ1) is 10.7. The zero-order valence-electron chi connectivity index (χ0n) is 13.6. The second-order valence-corrected chi connectivity index (χ2v) is 7.43. The van der Waals surface area contributed by atoms with Gasteiger partial charge in [-0.3, -0.25) is 0 Å². The Morgan fingerprint density at radius 3 is 2.95 bits per heavy atom. The molecule has 1 saturated carbocycles. The van der Waals surface area contributed by atoms with Crippen LogP contribution < -0.4 is 4.74 Å². The standard InChI is InChI=1S/C21H24O/c1-4-15-6-10-20-19-8-5-14-13-16(22-3)7-9-17(14)18(19)11-12-21(15,20)2/h1,6-7,9,13,18-20H,5,8,10-12H2,2-3H3/t18?,19?,20?,21-/m1/s1. The topological polar surface area (TPSA) is 9.23 Å². The highest BCUT2D eigenvalue weighted by Crippen LogP contribution is 2.60. The molecule has 0 radical (unpaired) electrons. The van der Waals surface area contributed by atoms with Crippen molar-refractivity contribution in [2.75, 3.05) is 7.11 Å². The molecule has 22 heavy (non-hydrogen) atoms. The number of ether oxygens (including phenoxy) is 1. The number of aryl methyl sites for hydroxylation is 1. The summed E-state index contributed by atoms with van der Waals surface area (Å²) in [5.74, 6) is 6.23. The Morgan fingerprint density at radius 2 is 2.18 bits per heavy atom. The van der Waals surface area contributed by atoms with Crippen molar-refractivity contribution in [3.05, 3.63) is 41.0 Å². The zero-order valence-corrected chi connectivity index (χ0v) is 13.6. The molecule has 0 aromatic heterocycles. The molecule has 1 heteroatoms. The van der Waals surface area contributed by atoms with Crippen LogP contribution in [0.5, 0.6) is 5.75 Å². The van der Waals surface area contributed by atoms with E-state index in [1.165, 1.54) is 43.2 Å². The summed E-state index contributed by atoms with van der Waals surface area (Å²) in [4.78, 5) is 0. The van der Waals surface area contributed by atoms with Gasteiger partial charge in [0, 0.05) is 11.0 Å². The fourth-order valence-electron chi connectivity index (χ4n) is 5.48. The number of methoxy groups -OCH3 is 1. The molecule has 1 aromatic rings. The molecule has 0 aliphatic heterocycles. The molecular weight excluding hydrogens is 268 g/mol. The molecule has 0 amide bonds. The highest BCUT2D eigenvalue weighted by atomic mass is 16.5. The molecule has 3 aliphatic carbocycles. The van der Waals surface area contributed by atoms with E-state index in [2.05, 4.69) is 37.1 Å². The molecule has 0 saturated heterocycles. The molecule has 0 N–H and O–H groups in total. The van der Waals surface area contributed by atoms with Gasteiger partial charge < -0.3 is 4.74 Å². The van der Waals surface area contributed by atoms with Crippen LogP contribution in [0.1, 0.15) is 49.7 Å². The van der Waals surface area contributed by atoms with Gasteiger partial charge in [-0.15, -0.1) is 6.42 Å². The van der Waals surface area contributed by atoms with Crippen molar-refractivity contribution in [1.29, 1.82) is 0 Å². The van der Waals surface area contributed by atoms with Crippen molar-refractivity contribution in [2.45, 2.75) is 44.9 Å². The summed E-state index contributed by atoms with van der Waals surface area (Å²) in [6.45, 7) is 2.41. The average molecular weight is 292 g/mol. The zero-order chi connectivity index (χ0) is 15.3. The molecular formula is C21H24O. The number of fused-ring (bicyclic) bond motifs is 5. The first-order valence-corrected chi connectivity index (χ1v) is 8.51. The van der Waals surface area contributed by atoms with Crippen molar-refractivity contribution < 1.29 is 4.74 Å². The number of hydrogen-bond donors (Lipinski definition) is 0. The Morgan fingerprint density at radius 1 is 1.32 bits per heavy atom. The molecule has 114 valence electrons. The molecule has 0 spiro atoms. The lowest BCUT2D eigenvalue weighted by atomic mass is 9.54. The van der Waals surface area contributed by atoms with Crippen LogP contribution in [0, 0.1) is 29.6 Å². The Bertz CT molecular complexity index is 678. The third-order valence-corrected chi connectivity index (χ3v) is 6.67. The van der Waals surface area contributed by atoms with E-state index in [-0.39, 0.29) is 5.41 Å². The van der Waals surface area contributed by atoms with Crippen LogP contribution >= 0.6 is 0 Å². The maximum absolute atomic E-state index is 5.77. The van der Waals surface area contributed by atoms with Gasteiger partial charge in [-0.2, -0.15) is 0 Å². The third-order valence-electron chi connectivity index (χ3n) is 6.67. The highest BCUT2D eigenvalue weighted by Gasteiger charge is 2.51. The molecule has 1 fully saturated rings. The maximum atomic E-state index is 5.77. The van der Waals surface area contributed by atoms with Crippen LogP contribution in [0.3, 0.4) is 0 Å². The summed E-state index contributed by atoms with van der Waals surface area (Å²) < 4.78 is 5.40. The Hall–Kier alpha value is -1.68. The van der Waals surface area contributed by atoms with Crippen LogP contribution in [-0.4, -0.2) is 7.11 Å². The smallest absolute Gasteiger partial charge is 0.119 e. The monoisotopic (exact) mass is 292 g/mol. The Labute approximate surface area is 133 Å². The summed E-state index contributed by atoms with van der Waals surface area (Å²) in [6.07, 6.45) is 14.3. The van der Waals surface area contributed by atoms with E-state index in [9.17, 15) is 0 Å². The second kappa shape index (κ2) is 4.92. The minimum Gasteiger partial charge on any atom is -0.497 e. The molecule has 0 heterocycles. The minimum absolute atomic E-state index is 0.264. The first-order valence-electron chi connectivity index (χ1n) is 8.51. The van der Waals surface area contributed by atoms with Crippen LogP contribution in [0.2, 0.25) is 0 Å². The minimum atomic E-state index is 0.264. The van der Waals surface area contributed by atoms with E-state index in [4.69, 9.17) is 11.2 Å². The van der Waals surface area contributed by atoms with Crippen molar-refractivity contribution in [3.63, 3.8) is 0 Å². The summed E-state index contributed by atoms with van der Waals surface area (Å²) >= 11 is 0. The van der Waals surface area contributed by atoms with Gasteiger partial charge in [0.05, 0.1) is 7.11 Å². The van der Waals surface area contributed by atoms with Gasteiger partial charge in [0.1, 0.15) is 5.75 Å². The quantitative estimate of drug-likeness (QED) is 0.680. The van der Waals surface area contributed by atoms with Gasteiger partial charge in [0.25, 0.3) is 0 Å². The van der Waals surface area contributed by atoms with Crippen molar-refractivity contribution in [3.8, 4) is 18.1 Å². The molecule has 1 aromatic carbocycles. The van der Waals surface area contributed by atoms with Gasteiger partial charge in [-0.1, -0.05) is 25.0 Å². The summed E-state index contributed by atoms with van der Waals surface area (Å²) in [6, 6.07) is 6.70. The predicted molar refractivity (Wildman–Crippen MR) is 89.9 cm³/mol. The Kier molecular flexibility index (Phi) is 3.12. The van der Waals surface area contributed by atoms with Crippen LogP contribution in [0.15, 0.2) is 29.8 Å². The lowest BCUT2D eigenvalue weighted by Crippen LogP contribution is -2.41. The summed E-state index contributed by atoms with van der Waals surface area (Å²) in [5.41, 5.74) is 4.62. The fraction of sp³-hybridized carbons (Fsp3) is 0.524. The first kappa shape index (κ1) is 13.9. The number of rotatable bonds is 1. The van der Waals surface area contributed by atoms with Crippen molar-refractivity contribution >= 4 is 0 Å². The predicted octanol–water partition coefficient (Wildman–Crippen LogP) is 4.72. The van der Waals surface area contributed by atoms with Crippen LogP contribution in [-0.2, 0) is 6.42 Å². The summed E-state index contributed by atoms with van der Waals surface area (Å²) in [7, 11) is 1.75. The second-order valence-electron chi connectivity index (χ2n) is 7.43. The fourth-order valence-corrected chi connectivity index (χ4v) is 5.48. The number of terminal acetylenes is 1. The van der Waals surface area contributed by atoms with Crippen molar-refractivity contribution in [2.24, 2.45) is 17.3 Å². The van der Waals surface area contributed by atoms with E-state index >= 15 is 0 Å². The SMILES string of the molecule is C#CC1=CCC2C3CCc4cc(OC)ccc4C3CC[C@]12C. The normalized spacial score (nSPS) is 35.7. The maximum Gasteiger partial charge on any atom is 0.119 e. The lowest BCUT2D eigenvalue weighted by Gasteiger charge is -2.49. The molecule has 3 unspecified atom stereocenters. The van der Waals surface area contributed by atoms with Crippen LogP contribution in [0.4, 0.5) is 0 Å². The number of benzene rings is 1. The average Bonchev–Trinajstić information content (AvgIpc) is 2.90. The van der Waals surface area contributed by atoms with Gasteiger partial charge in [-0.25, -0.2) is 0 Å². The molecule has 0 bridgehead atoms. The van der Waals surface area contributed by atoms with E-state index in [1.807, 2.05) is 0 Å². The van der Waals surface area contributed by atoms with Gasteiger partial charge in [-0.05, 0) is 73.1 Å². The third kappa shape index (κ3) is 1.80. The summed E-state index contributed by atoms with van der Waals surface area (Å²) in [5, 5.41) is 0. The van der Waals surface area contributed by atoms with Gasteiger partial charge in [0.15, 0.2) is 0 Å². The number of allylic oxidation sites excluding steroid dienone is 2. The lowest BCUT2D eigenvalue weighted by molar-refractivity contribution is 0.0781. The highest BCUT2D eigenvalue weighted by molar-refractivity contribution is 5.43. The largest absolute Gasteiger partial charge is 0.497 e. The van der Waals surface area contributed by atoms with E-state index in [0.717, 1.165) is 23.5 Å². The molecule has 4 atom stereocenters. The van der Waals surface area contributed by atoms with Crippen molar-refractivity contribution in [1.82, 2.24) is 0 Å². The van der Waals surface area contributed by atoms with Gasteiger partial charge in [0.2, 0.25) is 0 Å².